The molecule has 0 saturated heterocycles. The summed E-state index contributed by atoms with van der Waals surface area (Å²) < 4.78 is 39.9. The Morgan fingerprint density at radius 3 is 2.71 bits per heavy atom. The molecule has 1 saturated carbocycles. The molecule has 1 aliphatic carbocycles. The first-order chi connectivity index (χ1) is 11.3. The van der Waals surface area contributed by atoms with E-state index in [0.717, 1.165) is 16.9 Å². The minimum absolute atomic E-state index is 0.0866. The average molecular weight is 339 g/mol. The number of aryl methyl sites for hydroxylation is 1. The van der Waals surface area contributed by atoms with Gasteiger partial charge in [0.1, 0.15) is 5.65 Å². The van der Waals surface area contributed by atoms with Gasteiger partial charge in [0.25, 0.3) is 0 Å². The van der Waals surface area contributed by atoms with Crippen LogP contribution in [-0.4, -0.2) is 27.5 Å². The van der Waals surface area contributed by atoms with E-state index < -0.39 is 12.1 Å². The second-order valence-corrected chi connectivity index (χ2v) is 6.47. The molecule has 0 unspecified atom stereocenters. The molecule has 2 aromatic rings. The molecule has 130 valence electrons. The summed E-state index contributed by atoms with van der Waals surface area (Å²) in [5.74, 6) is -1.40. The lowest BCUT2D eigenvalue weighted by molar-refractivity contribution is -0.182. The van der Waals surface area contributed by atoms with Crippen molar-refractivity contribution in [3.8, 4) is 0 Å². The van der Waals surface area contributed by atoms with E-state index in [-0.39, 0.29) is 31.2 Å². The van der Waals surface area contributed by atoms with E-state index in [1.807, 2.05) is 29.7 Å². The van der Waals surface area contributed by atoms with Crippen LogP contribution in [-0.2, 0) is 11.2 Å². The number of halogens is 3. The highest BCUT2D eigenvalue weighted by atomic mass is 19.4. The van der Waals surface area contributed by atoms with Gasteiger partial charge in [-0.25, -0.2) is 4.98 Å². The highest BCUT2D eigenvalue weighted by molar-refractivity contribution is 5.78. The number of nitrogens with one attached hydrogen (secondary N) is 1. The molecule has 1 amide bonds. The fraction of sp³-hybridized carbons (Fsp3) is 0.529. The third-order valence-electron chi connectivity index (χ3n) is 4.70. The van der Waals surface area contributed by atoms with Crippen LogP contribution in [0.2, 0.25) is 0 Å². The summed E-state index contributed by atoms with van der Waals surface area (Å²) in [4.78, 5) is 16.5. The largest absolute Gasteiger partial charge is 0.391 e. The molecule has 0 aromatic carbocycles. The van der Waals surface area contributed by atoms with Crippen molar-refractivity contribution in [1.29, 1.82) is 0 Å². The van der Waals surface area contributed by atoms with Gasteiger partial charge in [-0.3, -0.25) is 4.79 Å². The number of hydrogen-bond acceptors (Lipinski definition) is 2. The summed E-state index contributed by atoms with van der Waals surface area (Å²) >= 11 is 0. The molecule has 1 fully saturated rings. The second kappa shape index (κ2) is 6.45. The van der Waals surface area contributed by atoms with Gasteiger partial charge in [0.2, 0.25) is 5.91 Å². The Bertz CT molecular complexity index is 730. The number of hydrogen-bond donors (Lipinski definition) is 1. The van der Waals surface area contributed by atoms with Crippen molar-refractivity contribution in [3.63, 3.8) is 0 Å². The van der Waals surface area contributed by atoms with Crippen molar-refractivity contribution in [3.05, 3.63) is 35.8 Å². The van der Waals surface area contributed by atoms with E-state index in [0.29, 0.717) is 12.8 Å². The number of nitrogens with zero attached hydrogens (tertiary/aromatic N) is 2. The van der Waals surface area contributed by atoms with Gasteiger partial charge in [0.05, 0.1) is 18.0 Å². The van der Waals surface area contributed by atoms with E-state index >= 15 is 0 Å². The molecular weight excluding hydrogens is 319 g/mol. The maximum Gasteiger partial charge on any atom is 0.391 e. The van der Waals surface area contributed by atoms with Gasteiger partial charge >= 0.3 is 6.18 Å². The van der Waals surface area contributed by atoms with Crippen LogP contribution < -0.4 is 5.32 Å². The van der Waals surface area contributed by atoms with Crippen LogP contribution in [0, 0.1) is 12.8 Å². The standard InChI is InChI=1S/C17H20F3N3O/c1-11-3-2-8-23-14(10-21-16(11)23)9-15(24)22-13-6-4-12(5-7-13)17(18,19)20/h2-3,8,10,12-13H,4-7,9H2,1H3,(H,22,24). The van der Waals surface area contributed by atoms with E-state index in [9.17, 15) is 18.0 Å². The topological polar surface area (TPSA) is 46.4 Å². The molecule has 4 nitrogen and oxygen atoms in total. The van der Waals surface area contributed by atoms with Crippen molar-refractivity contribution < 1.29 is 18.0 Å². The molecule has 0 atom stereocenters. The van der Waals surface area contributed by atoms with E-state index in [2.05, 4.69) is 10.3 Å². The predicted octanol–water partition coefficient (Wildman–Crippen LogP) is 3.42. The Balaban J connectivity index is 1.57. The predicted molar refractivity (Wildman–Crippen MR) is 83.6 cm³/mol. The number of aromatic nitrogens is 2. The van der Waals surface area contributed by atoms with Crippen LogP contribution in [0.1, 0.15) is 36.9 Å². The third kappa shape index (κ3) is 3.55. The summed E-state index contributed by atoms with van der Waals surface area (Å²) in [5.41, 5.74) is 2.61. The van der Waals surface area contributed by atoms with Crippen LogP contribution >= 0.6 is 0 Å². The van der Waals surface area contributed by atoms with Gasteiger partial charge in [0.15, 0.2) is 0 Å². The van der Waals surface area contributed by atoms with Crippen LogP contribution in [0.25, 0.3) is 5.65 Å². The first-order valence-corrected chi connectivity index (χ1v) is 8.12. The van der Waals surface area contributed by atoms with E-state index in [1.54, 1.807) is 6.20 Å². The van der Waals surface area contributed by atoms with Gasteiger partial charge in [-0.2, -0.15) is 13.2 Å². The summed E-state index contributed by atoms with van der Waals surface area (Å²) in [6.07, 6.45) is 0.499. The fourth-order valence-corrected chi connectivity index (χ4v) is 3.34. The van der Waals surface area contributed by atoms with Gasteiger partial charge < -0.3 is 9.72 Å². The Morgan fingerprint density at radius 1 is 1.33 bits per heavy atom. The maximum atomic E-state index is 12.7. The van der Waals surface area contributed by atoms with Crippen molar-refractivity contribution in [1.82, 2.24) is 14.7 Å². The van der Waals surface area contributed by atoms with Crippen LogP contribution in [0.3, 0.4) is 0 Å². The number of pyridine rings is 1. The molecule has 24 heavy (non-hydrogen) atoms. The summed E-state index contributed by atoms with van der Waals surface area (Å²) in [7, 11) is 0. The number of imidazole rings is 1. The van der Waals surface area contributed by atoms with Crippen molar-refractivity contribution in [2.24, 2.45) is 5.92 Å². The molecule has 1 N–H and O–H groups in total. The number of carbonyl (C=O) groups is 1. The summed E-state index contributed by atoms with van der Waals surface area (Å²) in [5, 5.41) is 2.86. The second-order valence-electron chi connectivity index (χ2n) is 6.47. The summed E-state index contributed by atoms with van der Waals surface area (Å²) in [6.45, 7) is 1.95. The van der Waals surface area contributed by atoms with Crippen molar-refractivity contribution >= 4 is 11.6 Å². The number of rotatable bonds is 3. The van der Waals surface area contributed by atoms with Crippen LogP contribution in [0.4, 0.5) is 13.2 Å². The average Bonchev–Trinajstić information content (AvgIpc) is 2.91. The SMILES string of the molecule is Cc1cccn2c(CC(=O)NC3CCC(C(F)(F)F)CC3)cnc12. The molecule has 1 aliphatic rings. The monoisotopic (exact) mass is 339 g/mol. The lowest BCUT2D eigenvalue weighted by Crippen LogP contribution is -2.40. The zero-order chi connectivity index (χ0) is 17.3. The zero-order valence-electron chi connectivity index (χ0n) is 13.4. The van der Waals surface area contributed by atoms with Gasteiger partial charge in [0, 0.05) is 18.4 Å². The molecular formula is C17H20F3N3O. The highest BCUT2D eigenvalue weighted by Gasteiger charge is 2.41. The van der Waals surface area contributed by atoms with Gasteiger partial charge in [-0.15, -0.1) is 0 Å². The number of fused-ring (bicyclic) bond motifs is 1. The van der Waals surface area contributed by atoms with Gasteiger partial charge in [-0.05, 0) is 44.2 Å². The first-order valence-electron chi connectivity index (χ1n) is 8.12. The summed E-state index contributed by atoms with van der Waals surface area (Å²) in [6, 6.07) is 3.67. The van der Waals surface area contributed by atoms with E-state index in [4.69, 9.17) is 0 Å². The van der Waals surface area contributed by atoms with Crippen LogP contribution in [0.15, 0.2) is 24.5 Å². The molecule has 3 rings (SSSR count). The smallest absolute Gasteiger partial charge is 0.353 e. The van der Waals surface area contributed by atoms with Crippen LogP contribution in [0.5, 0.6) is 0 Å². The van der Waals surface area contributed by atoms with E-state index in [1.165, 1.54) is 0 Å². The molecule has 7 heteroatoms. The first kappa shape index (κ1) is 16.8. The number of amides is 1. The van der Waals surface area contributed by atoms with Crippen molar-refractivity contribution in [2.45, 2.75) is 51.2 Å². The molecule has 2 heterocycles. The Labute approximate surface area is 138 Å². The molecule has 0 bridgehead atoms. The zero-order valence-corrected chi connectivity index (χ0v) is 13.4. The molecule has 0 aliphatic heterocycles. The Morgan fingerprint density at radius 2 is 2.04 bits per heavy atom. The Hall–Kier alpha value is -2.05. The normalized spacial score (nSPS) is 21.8. The quantitative estimate of drug-likeness (QED) is 0.931. The number of carbonyl (C=O) groups excluding carboxylic acids is 1. The lowest BCUT2D eigenvalue weighted by Gasteiger charge is -2.30. The minimum atomic E-state index is -4.12. The molecule has 0 spiro atoms. The van der Waals surface area contributed by atoms with Crippen molar-refractivity contribution in [2.75, 3.05) is 0 Å². The maximum absolute atomic E-state index is 12.7. The molecule has 2 aromatic heterocycles. The highest BCUT2D eigenvalue weighted by Crippen LogP contribution is 2.37. The fourth-order valence-electron chi connectivity index (χ4n) is 3.34. The lowest BCUT2D eigenvalue weighted by atomic mass is 9.85. The Kier molecular flexibility index (Phi) is 4.51. The minimum Gasteiger partial charge on any atom is -0.353 e. The molecule has 0 radical (unpaired) electrons. The third-order valence-corrected chi connectivity index (χ3v) is 4.70. The number of alkyl halides is 3. The van der Waals surface area contributed by atoms with Gasteiger partial charge in [-0.1, -0.05) is 6.07 Å².